The van der Waals surface area contributed by atoms with Crippen LogP contribution in [0.3, 0.4) is 0 Å². The molecule has 6 heterocycles. The van der Waals surface area contributed by atoms with Gasteiger partial charge in [-0.1, -0.05) is 0 Å². The third-order valence-corrected chi connectivity index (χ3v) is 12.0. The fraction of sp³-hybridized carbons (Fsp3) is 0.360. The molecule has 2 saturated heterocycles. The maximum Gasteiger partial charge on any atom is 0.230 e. The van der Waals surface area contributed by atoms with Gasteiger partial charge in [0.1, 0.15) is 12.7 Å². The predicted octanol–water partition coefficient (Wildman–Crippen LogP) is 10.4. The van der Waals surface area contributed by atoms with Gasteiger partial charge in [0, 0.05) is 58.4 Å². The second-order valence-electron chi connectivity index (χ2n) is 16.7. The summed E-state index contributed by atoms with van der Waals surface area (Å²) < 4.78 is 64.9. The van der Waals surface area contributed by atoms with Crippen molar-refractivity contribution in [3.8, 4) is 46.3 Å². The number of halogens is 2. The number of ether oxygens (including phenoxy) is 6. The number of hydrogen-bond donors (Lipinski definition) is 2. The van der Waals surface area contributed by atoms with Crippen LogP contribution in [0.25, 0.3) is 43.6 Å². The Morgan fingerprint density at radius 1 is 0.515 bits per heavy atom. The SMILES string of the molecule is COc1cc2c(Oc3ccc4[nH]c(C)cc4c3F)ncnc2cc1OCCCN1CCCC1.COc1cc2c(Oc3ccc4[nH]c(C)cc4c3F)ncnc2cc1OCCCN1CCCC1. The van der Waals surface area contributed by atoms with Gasteiger partial charge in [0.25, 0.3) is 0 Å². The molecule has 0 amide bonds. The average Bonchev–Trinajstić information content (AvgIpc) is 4.17. The monoisotopic (exact) mass is 900 g/mol. The molecule has 0 saturated carbocycles. The van der Waals surface area contributed by atoms with Crippen molar-refractivity contribution in [3.63, 3.8) is 0 Å². The largest absolute Gasteiger partial charge is 0.493 e. The van der Waals surface area contributed by atoms with Gasteiger partial charge in [0.2, 0.25) is 11.8 Å². The summed E-state index contributed by atoms with van der Waals surface area (Å²) >= 11 is 0. The minimum Gasteiger partial charge on any atom is -0.493 e. The molecule has 0 atom stereocenters. The van der Waals surface area contributed by atoms with Gasteiger partial charge in [-0.15, -0.1) is 0 Å². The van der Waals surface area contributed by atoms with E-state index >= 15 is 8.78 Å². The van der Waals surface area contributed by atoms with Gasteiger partial charge in [0.05, 0.1) is 49.2 Å². The quantitative estimate of drug-likeness (QED) is 0.0891. The maximum absolute atomic E-state index is 15.0. The molecule has 4 aromatic carbocycles. The Bertz CT molecular complexity index is 2770. The van der Waals surface area contributed by atoms with E-state index < -0.39 is 11.6 Å². The molecule has 2 fully saturated rings. The lowest BCUT2D eigenvalue weighted by Crippen LogP contribution is -2.21. The van der Waals surface area contributed by atoms with Crippen LogP contribution in [0.1, 0.15) is 49.9 Å². The van der Waals surface area contributed by atoms with Gasteiger partial charge >= 0.3 is 0 Å². The Kier molecular flexibility index (Phi) is 13.6. The van der Waals surface area contributed by atoms with Gasteiger partial charge in [-0.05, 0) is 127 Å². The number of aromatic amines is 2. The van der Waals surface area contributed by atoms with Crippen LogP contribution in [0.2, 0.25) is 0 Å². The highest BCUT2D eigenvalue weighted by molar-refractivity contribution is 5.89. The number of aryl methyl sites for hydroxylation is 2. The molecule has 2 aliphatic heterocycles. The molecular weight excluding hydrogens is 847 g/mol. The topological polar surface area (TPSA) is 145 Å². The summed E-state index contributed by atoms with van der Waals surface area (Å²) in [4.78, 5) is 28.4. The number of aromatic nitrogens is 6. The lowest BCUT2D eigenvalue weighted by molar-refractivity contribution is 0.254. The summed E-state index contributed by atoms with van der Waals surface area (Å²) in [6.07, 6.45) is 9.83. The first-order valence-electron chi connectivity index (χ1n) is 22.5. The number of benzene rings is 4. The summed E-state index contributed by atoms with van der Waals surface area (Å²) in [5.74, 6) is 2.18. The minimum absolute atomic E-state index is 0.0997. The van der Waals surface area contributed by atoms with Crippen molar-refractivity contribution >= 4 is 43.6 Å². The van der Waals surface area contributed by atoms with E-state index in [4.69, 9.17) is 28.4 Å². The number of rotatable bonds is 16. The van der Waals surface area contributed by atoms with Gasteiger partial charge in [-0.3, -0.25) is 0 Å². The highest BCUT2D eigenvalue weighted by Gasteiger charge is 2.20. The van der Waals surface area contributed by atoms with Crippen molar-refractivity contribution in [2.24, 2.45) is 0 Å². The molecule has 0 bridgehead atoms. The van der Waals surface area contributed by atoms with Crippen LogP contribution in [0.15, 0.2) is 73.3 Å². The molecule has 0 radical (unpaired) electrons. The molecule has 2 N–H and O–H groups in total. The molecule has 10 rings (SSSR count). The van der Waals surface area contributed by atoms with Crippen molar-refractivity contribution in [2.45, 2.75) is 52.4 Å². The van der Waals surface area contributed by atoms with E-state index in [1.54, 1.807) is 62.8 Å². The normalized spacial score (nSPS) is 14.3. The lowest BCUT2D eigenvalue weighted by Gasteiger charge is -2.16. The van der Waals surface area contributed by atoms with Crippen molar-refractivity contribution in [1.82, 2.24) is 39.7 Å². The van der Waals surface area contributed by atoms with Crippen molar-refractivity contribution in [2.75, 3.05) is 66.7 Å². The first-order valence-corrected chi connectivity index (χ1v) is 22.5. The van der Waals surface area contributed by atoms with E-state index in [9.17, 15) is 0 Å². The third-order valence-electron chi connectivity index (χ3n) is 12.0. The Hall–Kier alpha value is -6.78. The summed E-state index contributed by atoms with van der Waals surface area (Å²) in [5, 5.41) is 2.18. The Morgan fingerprint density at radius 3 is 1.35 bits per heavy atom. The van der Waals surface area contributed by atoms with Gasteiger partial charge < -0.3 is 48.2 Å². The minimum atomic E-state index is -0.437. The molecule has 4 aromatic heterocycles. The molecule has 0 spiro atoms. The number of H-pyrrole nitrogens is 2. The number of methoxy groups -OCH3 is 2. The molecule has 0 aliphatic carbocycles. The summed E-state index contributed by atoms with van der Waals surface area (Å²) in [6.45, 7) is 11.7. The van der Waals surface area contributed by atoms with Crippen LogP contribution < -0.4 is 28.4 Å². The van der Waals surface area contributed by atoms with Crippen LogP contribution in [0, 0.1) is 25.5 Å². The Labute approximate surface area is 381 Å². The summed E-state index contributed by atoms with van der Waals surface area (Å²) in [7, 11) is 3.18. The first-order chi connectivity index (χ1) is 32.2. The highest BCUT2D eigenvalue weighted by Crippen LogP contribution is 2.39. The van der Waals surface area contributed by atoms with Crippen LogP contribution in [0.4, 0.5) is 8.78 Å². The number of likely N-dealkylation sites (tertiary alicyclic amines) is 2. The second kappa shape index (κ2) is 20.2. The van der Waals surface area contributed by atoms with Crippen molar-refractivity contribution in [3.05, 3.63) is 96.3 Å². The van der Waals surface area contributed by atoms with Crippen molar-refractivity contribution in [1.29, 1.82) is 0 Å². The van der Waals surface area contributed by atoms with E-state index in [1.165, 1.54) is 64.5 Å². The Balaban J connectivity index is 0.000000166. The van der Waals surface area contributed by atoms with Crippen LogP contribution in [0.5, 0.6) is 46.3 Å². The van der Waals surface area contributed by atoms with Crippen LogP contribution >= 0.6 is 0 Å². The molecule has 8 aromatic rings. The predicted molar refractivity (Wildman–Crippen MR) is 250 cm³/mol. The Morgan fingerprint density at radius 2 is 0.939 bits per heavy atom. The lowest BCUT2D eigenvalue weighted by atomic mass is 10.2. The average molecular weight is 901 g/mol. The number of fused-ring (bicyclic) bond motifs is 4. The highest BCUT2D eigenvalue weighted by atomic mass is 19.1. The van der Waals surface area contributed by atoms with E-state index in [0.717, 1.165) is 48.4 Å². The number of nitrogens with zero attached hydrogens (tertiary/aromatic N) is 6. The molecular formula is C50H54F2N8O6. The van der Waals surface area contributed by atoms with E-state index in [1.807, 2.05) is 26.0 Å². The molecule has 14 nitrogen and oxygen atoms in total. The molecule has 2 aliphatic rings. The van der Waals surface area contributed by atoms with E-state index in [-0.39, 0.29) is 23.3 Å². The fourth-order valence-electron chi connectivity index (χ4n) is 8.68. The first kappa shape index (κ1) is 44.4. The summed E-state index contributed by atoms with van der Waals surface area (Å²) in [6, 6.07) is 17.5. The third kappa shape index (κ3) is 9.89. The van der Waals surface area contributed by atoms with Crippen LogP contribution in [-0.2, 0) is 0 Å². The fourth-order valence-corrected chi connectivity index (χ4v) is 8.68. The zero-order chi connectivity index (χ0) is 45.6. The van der Waals surface area contributed by atoms with E-state index in [2.05, 4.69) is 39.7 Å². The zero-order valence-corrected chi connectivity index (χ0v) is 37.7. The van der Waals surface area contributed by atoms with Gasteiger partial charge in [0.15, 0.2) is 46.1 Å². The van der Waals surface area contributed by atoms with Gasteiger partial charge in [-0.2, -0.15) is 0 Å². The zero-order valence-electron chi connectivity index (χ0n) is 37.7. The molecule has 16 heteroatoms. The number of nitrogens with one attached hydrogen (secondary N) is 2. The standard InChI is InChI=1S/2C25H27FN4O3/c2*1-16-12-17-19(29-16)6-7-21(24(17)26)33-25-18-13-22(31-2)23(14-20(18)27-15-28-25)32-11-5-10-30-8-3-4-9-30/h2*6-7,12-15,29H,3-5,8-11H2,1-2H3. The molecule has 66 heavy (non-hydrogen) atoms. The van der Waals surface area contributed by atoms with Crippen molar-refractivity contribution < 1.29 is 37.2 Å². The molecule has 0 unspecified atom stereocenters. The maximum atomic E-state index is 15.0. The number of hydrogen-bond acceptors (Lipinski definition) is 12. The second-order valence-corrected chi connectivity index (χ2v) is 16.7. The van der Waals surface area contributed by atoms with Gasteiger partial charge in [-0.25, -0.2) is 28.7 Å². The van der Waals surface area contributed by atoms with E-state index in [0.29, 0.717) is 68.8 Å². The smallest absolute Gasteiger partial charge is 0.230 e. The summed E-state index contributed by atoms with van der Waals surface area (Å²) in [5.41, 5.74) is 4.47. The van der Waals surface area contributed by atoms with Crippen LogP contribution in [-0.4, -0.2) is 106 Å². The molecule has 344 valence electrons.